The fourth-order valence-electron chi connectivity index (χ4n) is 4.18. The summed E-state index contributed by atoms with van der Waals surface area (Å²) in [6.07, 6.45) is 3.01. The van der Waals surface area contributed by atoms with Gasteiger partial charge in [0, 0.05) is 19.0 Å². The van der Waals surface area contributed by atoms with E-state index in [-0.39, 0.29) is 17.8 Å². The zero-order chi connectivity index (χ0) is 18.3. The number of rotatable bonds is 2. The number of likely N-dealkylation sites (tertiary alicyclic amines) is 1. The summed E-state index contributed by atoms with van der Waals surface area (Å²) in [5, 5.41) is 1.09. The van der Waals surface area contributed by atoms with Crippen LogP contribution in [-0.2, 0) is 7.05 Å². The van der Waals surface area contributed by atoms with E-state index in [9.17, 15) is 9.18 Å². The lowest BCUT2D eigenvalue weighted by atomic mass is 9.95. The molecule has 4 heteroatoms. The number of aromatic nitrogens is 1. The van der Waals surface area contributed by atoms with Gasteiger partial charge in [-0.25, -0.2) is 4.39 Å². The van der Waals surface area contributed by atoms with Crippen LogP contribution >= 0.6 is 0 Å². The summed E-state index contributed by atoms with van der Waals surface area (Å²) in [4.78, 5) is 15.3. The summed E-state index contributed by atoms with van der Waals surface area (Å²) >= 11 is 0. The molecule has 2 heterocycles. The number of carbonyl (C=O) groups is 1. The lowest BCUT2D eigenvalue weighted by Crippen LogP contribution is -2.39. The van der Waals surface area contributed by atoms with E-state index in [1.165, 1.54) is 12.1 Å². The summed E-state index contributed by atoms with van der Waals surface area (Å²) in [7, 11) is 1.96. The van der Waals surface area contributed by atoms with Gasteiger partial charge in [-0.05, 0) is 55.5 Å². The molecule has 1 atom stereocenters. The van der Waals surface area contributed by atoms with E-state index >= 15 is 0 Å². The number of halogens is 1. The van der Waals surface area contributed by atoms with Crippen LogP contribution in [0, 0.1) is 12.7 Å². The van der Waals surface area contributed by atoms with E-state index in [2.05, 4.69) is 13.0 Å². The van der Waals surface area contributed by atoms with Gasteiger partial charge in [0.05, 0.1) is 11.6 Å². The van der Waals surface area contributed by atoms with Crippen LogP contribution in [-0.4, -0.2) is 21.9 Å². The lowest BCUT2D eigenvalue weighted by Gasteiger charge is -2.36. The van der Waals surface area contributed by atoms with Crippen molar-refractivity contribution in [3.8, 4) is 0 Å². The maximum atomic E-state index is 13.4. The van der Waals surface area contributed by atoms with Crippen molar-refractivity contribution in [1.29, 1.82) is 0 Å². The highest BCUT2D eigenvalue weighted by Gasteiger charge is 2.30. The molecule has 26 heavy (non-hydrogen) atoms. The molecule has 0 radical (unpaired) electrons. The fraction of sp³-hybridized carbons (Fsp3) is 0.318. The quantitative estimate of drug-likeness (QED) is 0.639. The number of hydrogen-bond donors (Lipinski definition) is 0. The molecule has 134 valence electrons. The van der Waals surface area contributed by atoms with E-state index in [0.717, 1.165) is 47.8 Å². The monoisotopic (exact) mass is 350 g/mol. The Morgan fingerprint density at radius 2 is 1.88 bits per heavy atom. The van der Waals surface area contributed by atoms with Crippen molar-refractivity contribution in [2.45, 2.75) is 32.2 Å². The number of nitrogens with zero attached hydrogens (tertiary/aromatic N) is 2. The van der Waals surface area contributed by atoms with Gasteiger partial charge in [0.1, 0.15) is 11.5 Å². The molecular formula is C22H23FN2O. The molecule has 4 rings (SSSR count). The van der Waals surface area contributed by atoms with E-state index in [1.807, 2.05) is 34.7 Å². The third kappa shape index (κ3) is 2.79. The van der Waals surface area contributed by atoms with Gasteiger partial charge in [-0.1, -0.05) is 30.3 Å². The molecule has 0 unspecified atom stereocenters. The molecule has 3 nitrogen and oxygen atoms in total. The van der Waals surface area contributed by atoms with Gasteiger partial charge < -0.3 is 9.47 Å². The van der Waals surface area contributed by atoms with Gasteiger partial charge in [0.25, 0.3) is 5.91 Å². The van der Waals surface area contributed by atoms with Crippen molar-refractivity contribution < 1.29 is 9.18 Å². The Hall–Kier alpha value is -2.62. The fourth-order valence-corrected chi connectivity index (χ4v) is 4.18. The second-order valence-corrected chi connectivity index (χ2v) is 7.16. The number of benzene rings is 2. The molecule has 1 aliphatic heterocycles. The number of aryl methyl sites for hydroxylation is 2. The average molecular weight is 350 g/mol. The zero-order valence-corrected chi connectivity index (χ0v) is 15.2. The van der Waals surface area contributed by atoms with Crippen LogP contribution in [0.1, 0.15) is 46.9 Å². The molecule has 0 spiro atoms. The largest absolute Gasteiger partial charge is 0.339 e. The van der Waals surface area contributed by atoms with Crippen molar-refractivity contribution in [3.63, 3.8) is 0 Å². The van der Waals surface area contributed by atoms with Gasteiger partial charge in [0.15, 0.2) is 0 Å². The van der Waals surface area contributed by atoms with Crippen molar-refractivity contribution >= 4 is 16.8 Å². The highest BCUT2D eigenvalue weighted by molar-refractivity contribution is 5.99. The first-order chi connectivity index (χ1) is 12.6. The molecular weight excluding hydrogens is 327 g/mol. The van der Waals surface area contributed by atoms with Gasteiger partial charge in [0.2, 0.25) is 0 Å². The molecule has 0 saturated carbocycles. The Balaban J connectivity index is 1.73. The number of para-hydroxylation sites is 1. The lowest BCUT2D eigenvalue weighted by molar-refractivity contribution is 0.0602. The molecule has 0 bridgehead atoms. The number of fused-ring (bicyclic) bond motifs is 1. The van der Waals surface area contributed by atoms with Crippen LogP contribution in [0.5, 0.6) is 0 Å². The van der Waals surface area contributed by atoms with Crippen LogP contribution in [0.4, 0.5) is 4.39 Å². The Kier molecular flexibility index (Phi) is 4.27. The predicted molar refractivity (Wildman–Crippen MR) is 102 cm³/mol. The van der Waals surface area contributed by atoms with Crippen molar-refractivity contribution in [3.05, 3.63) is 71.2 Å². The van der Waals surface area contributed by atoms with E-state index in [1.54, 1.807) is 12.1 Å². The van der Waals surface area contributed by atoms with Gasteiger partial charge >= 0.3 is 0 Å². The van der Waals surface area contributed by atoms with Crippen molar-refractivity contribution in [1.82, 2.24) is 9.47 Å². The van der Waals surface area contributed by atoms with Crippen molar-refractivity contribution in [2.75, 3.05) is 6.54 Å². The minimum Gasteiger partial charge on any atom is -0.339 e. The molecule has 3 aromatic rings. The summed E-state index contributed by atoms with van der Waals surface area (Å²) in [5.41, 5.74) is 3.99. The first-order valence-corrected chi connectivity index (χ1v) is 9.18. The summed E-state index contributed by atoms with van der Waals surface area (Å²) in [6.45, 7) is 2.81. The number of amides is 1. The second-order valence-electron chi connectivity index (χ2n) is 7.16. The van der Waals surface area contributed by atoms with E-state index in [0.29, 0.717) is 5.69 Å². The van der Waals surface area contributed by atoms with Crippen LogP contribution < -0.4 is 0 Å². The smallest absolute Gasteiger partial charge is 0.271 e. The standard InChI is InChI=1S/C22H23FN2O/c1-15-6-5-7-17-14-20(24(2)21(15)17)22(26)25-13-4-3-8-19(25)16-9-11-18(23)12-10-16/h5-7,9-12,14,19H,3-4,8,13H2,1-2H3/t19-/m0/s1. The van der Waals surface area contributed by atoms with E-state index in [4.69, 9.17) is 0 Å². The van der Waals surface area contributed by atoms with Gasteiger partial charge in [-0.2, -0.15) is 0 Å². The molecule has 1 amide bonds. The SMILES string of the molecule is Cc1cccc2cc(C(=O)N3CCCC[C@H]3c3ccc(F)cc3)n(C)c12. The predicted octanol–water partition coefficient (Wildman–Crippen LogP) is 4.99. The molecule has 0 aliphatic carbocycles. The average Bonchev–Trinajstić information content (AvgIpc) is 3.00. The molecule has 1 fully saturated rings. The maximum absolute atomic E-state index is 13.4. The summed E-state index contributed by atoms with van der Waals surface area (Å²) in [5.74, 6) is -0.191. The van der Waals surface area contributed by atoms with Gasteiger partial charge in [-0.15, -0.1) is 0 Å². The minimum atomic E-state index is -0.244. The Morgan fingerprint density at radius 1 is 1.12 bits per heavy atom. The second kappa shape index (κ2) is 6.60. The van der Waals surface area contributed by atoms with Crippen LogP contribution in [0.2, 0.25) is 0 Å². The maximum Gasteiger partial charge on any atom is 0.271 e. The van der Waals surface area contributed by atoms with Crippen LogP contribution in [0.3, 0.4) is 0 Å². The van der Waals surface area contributed by atoms with Crippen LogP contribution in [0.25, 0.3) is 10.9 Å². The van der Waals surface area contributed by atoms with Crippen molar-refractivity contribution in [2.24, 2.45) is 7.05 Å². The molecule has 1 saturated heterocycles. The first kappa shape index (κ1) is 16.8. The van der Waals surface area contributed by atoms with E-state index < -0.39 is 0 Å². The highest BCUT2D eigenvalue weighted by Crippen LogP contribution is 2.33. The molecule has 1 aliphatic rings. The van der Waals surface area contributed by atoms with Crippen LogP contribution in [0.15, 0.2) is 48.5 Å². The third-order valence-electron chi connectivity index (χ3n) is 5.50. The first-order valence-electron chi connectivity index (χ1n) is 9.18. The minimum absolute atomic E-state index is 0.0101. The number of hydrogen-bond acceptors (Lipinski definition) is 1. The molecule has 0 N–H and O–H groups in total. The Bertz CT molecular complexity index is 958. The molecule has 1 aromatic heterocycles. The summed E-state index contributed by atoms with van der Waals surface area (Å²) < 4.78 is 15.3. The number of piperidine rings is 1. The number of carbonyl (C=O) groups excluding carboxylic acids is 1. The van der Waals surface area contributed by atoms with Gasteiger partial charge in [-0.3, -0.25) is 4.79 Å². The Morgan fingerprint density at radius 3 is 2.62 bits per heavy atom. The third-order valence-corrected chi connectivity index (χ3v) is 5.50. The topological polar surface area (TPSA) is 25.2 Å². The highest BCUT2D eigenvalue weighted by atomic mass is 19.1. The molecule has 2 aromatic carbocycles. The summed E-state index contributed by atoms with van der Waals surface area (Å²) in [6, 6.07) is 14.7. The zero-order valence-electron chi connectivity index (χ0n) is 15.2. The normalized spacial score (nSPS) is 17.7. The Labute approximate surface area is 153 Å².